The molecule has 1 N–H and O–H groups in total. The van der Waals surface area contributed by atoms with Crippen molar-refractivity contribution in [2.45, 2.75) is 32.4 Å². The number of para-hydroxylation sites is 1. The van der Waals surface area contributed by atoms with E-state index in [0.29, 0.717) is 31.5 Å². The lowest BCUT2D eigenvalue weighted by molar-refractivity contribution is 0.0853. The van der Waals surface area contributed by atoms with Crippen molar-refractivity contribution in [3.63, 3.8) is 0 Å². The van der Waals surface area contributed by atoms with Crippen molar-refractivity contribution in [2.75, 3.05) is 32.9 Å². The highest BCUT2D eigenvalue weighted by Crippen LogP contribution is 2.36. The van der Waals surface area contributed by atoms with Gasteiger partial charge in [0.1, 0.15) is 13.2 Å². The van der Waals surface area contributed by atoms with Crippen molar-refractivity contribution in [1.82, 2.24) is 10.2 Å². The van der Waals surface area contributed by atoms with Crippen LogP contribution < -0.4 is 14.8 Å². The maximum absolute atomic E-state index is 12.5. The number of hydrogen-bond donors (Lipinski definition) is 1. The topological polar surface area (TPSA) is 60.0 Å². The van der Waals surface area contributed by atoms with Crippen LogP contribution in [0.1, 0.15) is 36.9 Å². The monoisotopic (exact) mass is 460 g/mol. The molecule has 2 aliphatic heterocycles. The van der Waals surface area contributed by atoms with Crippen LogP contribution in [0.5, 0.6) is 11.5 Å². The summed E-state index contributed by atoms with van der Waals surface area (Å²) in [5.41, 5.74) is 2.22. The standard InChI is InChI=1S/C28H32N2O4/c1-20(25-9-4-10-26-27(25)33-15-14-32-26)29-28(31)34-19-22-6-5-13-30(18-22)17-21-11-12-23-7-2-3-8-24(23)16-21/h2-4,7-12,16,20,22H,5-6,13-15,17-19H2,1H3,(H,29,31). The van der Waals surface area contributed by atoms with Gasteiger partial charge in [0.05, 0.1) is 12.6 Å². The second-order valence-corrected chi connectivity index (χ2v) is 9.26. The molecule has 0 aromatic heterocycles. The first-order chi connectivity index (χ1) is 16.7. The number of benzene rings is 3. The van der Waals surface area contributed by atoms with Crippen LogP contribution in [-0.2, 0) is 11.3 Å². The van der Waals surface area contributed by atoms with Crippen molar-refractivity contribution in [2.24, 2.45) is 5.92 Å². The molecule has 2 heterocycles. The van der Waals surface area contributed by atoms with Crippen molar-refractivity contribution >= 4 is 16.9 Å². The Bertz CT molecular complexity index is 1150. The average molecular weight is 461 g/mol. The molecule has 5 rings (SSSR count). The van der Waals surface area contributed by atoms with Gasteiger partial charge in [-0.15, -0.1) is 0 Å². The van der Waals surface area contributed by atoms with Crippen molar-refractivity contribution in [1.29, 1.82) is 0 Å². The molecule has 0 spiro atoms. The van der Waals surface area contributed by atoms with Crippen LogP contribution in [0.4, 0.5) is 4.79 Å². The van der Waals surface area contributed by atoms with E-state index in [1.165, 1.54) is 16.3 Å². The number of carbonyl (C=O) groups excluding carboxylic acids is 1. The Morgan fingerprint density at radius 1 is 1.09 bits per heavy atom. The quantitative estimate of drug-likeness (QED) is 0.540. The Morgan fingerprint density at radius 2 is 1.94 bits per heavy atom. The number of rotatable bonds is 6. The smallest absolute Gasteiger partial charge is 0.407 e. The number of carbonyl (C=O) groups is 1. The predicted molar refractivity (Wildman–Crippen MR) is 132 cm³/mol. The Morgan fingerprint density at radius 3 is 2.85 bits per heavy atom. The molecule has 0 bridgehead atoms. The van der Waals surface area contributed by atoms with E-state index in [-0.39, 0.29) is 6.04 Å². The molecule has 0 saturated carbocycles. The minimum atomic E-state index is -0.395. The number of ether oxygens (including phenoxy) is 3. The van der Waals surface area contributed by atoms with E-state index in [0.717, 1.165) is 43.8 Å². The normalized spacial score (nSPS) is 18.9. The highest BCUT2D eigenvalue weighted by atomic mass is 16.6. The number of nitrogens with one attached hydrogen (secondary N) is 1. The van der Waals surface area contributed by atoms with E-state index < -0.39 is 6.09 Å². The number of amides is 1. The maximum Gasteiger partial charge on any atom is 0.407 e. The van der Waals surface area contributed by atoms with Crippen molar-refractivity contribution < 1.29 is 19.0 Å². The molecular weight excluding hydrogens is 428 g/mol. The number of likely N-dealkylation sites (tertiary alicyclic amines) is 1. The van der Waals surface area contributed by atoms with Crippen LogP contribution >= 0.6 is 0 Å². The molecule has 3 aromatic carbocycles. The van der Waals surface area contributed by atoms with Gasteiger partial charge in [0.2, 0.25) is 0 Å². The van der Waals surface area contributed by atoms with Gasteiger partial charge in [-0.25, -0.2) is 4.79 Å². The molecule has 6 nitrogen and oxygen atoms in total. The van der Waals surface area contributed by atoms with Crippen LogP contribution in [0.15, 0.2) is 60.7 Å². The van der Waals surface area contributed by atoms with Crippen LogP contribution in [0.2, 0.25) is 0 Å². The van der Waals surface area contributed by atoms with Crippen LogP contribution in [0.25, 0.3) is 10.8 Å². The summed E-state index contributed by atoms with van der Waals surface area (Å²) < 4.78 is 17.0. The Hall–Kier alpha value is -3.25. The Kier molecular flexibility index (Phi) is 6.86. The summed E-state index contributed by atoms with van der Waals surface area (Å²) in [5.74, 6) is 1.77. The largest absolute Gasteiger partial charge is 0.486 e. The second-order valence-electron chi connectivity index (χ2n) is 9.26. The van der Waals surface area contributed by atoms with E-state index >= 15 is 0 Å². The third-order valence-corrected chi connectivity index (χ3v) is 6.67. The summed E-state index contributed by atoms with van der Waals surface area (Å²) in [5, 5.41) is 5.49. The minimum absolute atomic E-state index is 0.236. The van der Waals surface area contributed by atoms with E-state index in [2.05, 4.69) is 52.7 Å². The highest BCUT2D eigenvalue weighted by molar-refractivity contribution is 5.83. The Balaban J connectivity index is 1.12. The first-order valence-corrected chi connectivity index (χ1v) is 12.2. The lowest BCUT2D eigenvalue weighted by atomic mass is 9.98. The van der Waals surface area contributed by atoms with Crippen LogP contribution in [0.3, 0.4) is 0 Å². The molecule has 3 aromatic rings. The Labute approximate surface area is 200 Å². The minimum Gasteiger partial charge on any atom is -0.486 e. The fourth-order valence-electron chi connectivity index (χ4n) is 4.95. The zero-order valence-corrected chi connectivity index (χ0v) is 19.7. The highest BCUT2D eigenvalue weighted by Gasteiger charge is 2.24. The molecule has 1 amide bonds. The third-order valence-electron chi connectivity index (χ3n) is 6.67. The van der Waals surface area contributed by atoms with Crippen molar-refractivity contribution in [3.05, 3.63) is 71.8 Å². The van der Waals surface area contributed by atoms with Crippen LogP contribution in [-0.4, -0.2) is 43.9 Å². The van der Waals surface area contributed by atoms with E-state index in [1.54, 1.807) is 0 Å². The summed E-state index contributed by atoms with van der Waals surface area (Å²) in [4.78, 5) is 15.0. The molecule has 6 heteroatoms. The average Bonchev–Trinajstić information content (AvgIpc) is 2.87. The van der Waals surface area contributed by atoms with Gasteiger partial charge in [-0.3, -0.25) is 4.90 Å². The molecule has 1 fully saturated rings. The lowest BCUT2D eigenvalue weighted by Crippen LogP contribution is -2.38. The van der Waals surface area contributed by atoms with Gasteiger partial charge in [-0.1, -0.05) is 48.5 Å². The predicted octanol–water partition coefficient (Wildman–Crippen LogP) is 5.31. The lowest BCUT2D eigenvalue weighted by Gasteiger charge is -2.32. The molecule has 1 saturated heterocycles. The SMILES string of the molecule is CC(NC(=O)OCC1CCCN(Cc2ccc3ccccc3c2)C1)c1cccc2c1OCCO2. The number of piperidine rings is 1. The summed E-state index contributed by atoms with van der Waals surface area (Å²) in [7, 11) is 0. The third kappa shape index (κ3) is 5.28. The number of fused-ring (bicyclic) bond motifs is 2. The first kappa shape index (κ1) is 22.5. The number of hydrogen-bond acceptors (Lipinski definition) is 5. The molecule has 0 aliphatic carbocycles. The van der Waals surface area contributed by atoms with Gasteiger partial charge in [-0.2, -0.15) is 0 Å². The fourth-order valence-corrected chi connectivity index (χ4v) is 4.95. The molecule has 2 atom stereocenters. The maximum atomic E-state index is 12.5. The van der Waals surface area contributed by atoms with Gasteiger partial charge in [0, 0.05) is 24.6 Å². The van der Waals surface area contributed by atoms with Gasteiger partial charge in [0.15, 0.2) is 11.5 Å². The zero-order chi connectivity index (χ0) is 23.3. The summed E-state index contributed by atoms with van der Waals surface area (Å²) >= 11 is 0. The number of alkyl carbamates (subject to hydrolysis) is 1. The molecule has 2 unspecified atom stereocenters. The fraction of sp³-hybridized carbons (Fsp3) is 0.393. The summed E-state index contributed by atoms with van der Waals surface area (Å²) in [6, 6.07) is 20.7. The second kappa shape index (κ2) is 10.3. The summed E-state index contributed by atoms with van der Waals surface area (Å²) in [6.45, 7) is 6.35. The van der Waals surface area contributed by atoms with Crippen LogP contribution in [0, 0.1) is 5.92 Å². The van der Waals surface area contributed by atoms with Crippen molar-refractivity contribution in [3.8, 4) is 11.5 Å². The van der Waals surface area contributed by atoms with Gasteiger partial charge < -0.3 is 19.5 Å². The molecule has 34 heavy (non-hydrogen) atoms. The molecule has 0 radical (unpaired) electrons. The van der Waals surface area contributed by atoms with Gasteiger partial charge in [0.25, 0.3) is 0 Å². The summed E-state index contributed by atoms with van der Waals surface area (Å²) in [6.07, 6.45) is 1.80. The zero-order valence-electron chi connectivity index (χ0n) is 19.7. The molecular formula is C28H32N2O4. The van der Waals surface area contributed by atoms with E-state index in [4.69, 9.17) is 14.2 Å². The van der Waals surface area contributed by atoms with E-state index in [9.17, 15) is 4.79 Å². The van der Waals surface area contributed by atoms with E-state index in [1.807, 2.05) is 25.1 Å². The number of nitrogens with zero attached hydrogens (tertiary/aromatic N) is 1. The first-order valence-electron chi connectivity index (χ1n) is 12.2. The molecule has 2 aliphatic rings. The molecule has 178 valence electrons. The van der Waals surface area contributed by atoms with Gasteiger partial charge in [-0.05, 0) is 54.8 Å². The van der Waals surface area contributed by atoms with Gasteiger partial charge >= 0.3 is 6.09 Å².